The highest BCUT2D eigenvalue weighted by molar-refractivity contribution is 5.97. The fourth-order valence-electron chi connectivity index (χ4n) is 3.27. The Morgan fingerprint density at radius 1 is 1.22 bits per heavy atom. The number of aromatic nitrogens is 1. The molecule has 1 aromatic heterocycles. The SMILES string of the molecule is Cc1noc(C)c1CN(C)C(=O)Nc1cccc(C(=O)N2CCCCC2)c1. The Hall–Kier alpha value is -2.83. The zero-order chi connectivity index (χ0) is 19.4. The fourth-order valence-corrected chi connectivity index (χ4v) is 3.27. The minimum absolute atomic E-state index is 0.0230. The van der Waals surface area contributed by atoms with E-state index in [1.165, 1.54) is 6.42 Å². The molecule has 144 valence electrons. The van der Waals surface area contributed by atoms with Crippen LogP contribution in [-0.4, -0.2) is 47.0 Å². The standard InChI is InChI=1S/C20H26N4O3/c1-14-18(15(2)27-22-14)13-23(3)20(26)21-17-9-7-8-16(12-17)19(25)24-10-5-4-6-11-24/h7-9,12H,4-6,10-11,13H2,1-3H3,(H,21,26). The minimum Gasteiger partial charge on any atom is -0.361 e. The monoisotopic (exact) mass is 370 g/mol. The molecule has 7 nitrogen and oxygen atoms in total. The third-order valence-electron chi connectivity index (χ3n) is 4.93. The van der Waals surface area contributed by atoms with Gasteiger partial charge in [-0.15, -0.1) is 0 Å². The van der Waals surface area contributed by atoms with E-state index < -0.39 is 0 Å². The number of carbonyl (C=O) groups excluding carboxylic acids is 2. The quantitative estimate of drug-likeness (QED) is 0.892. The molecule has 0 spiro atoms. The summed E-state index contributed by atoms with van der Waals surface area (Å²) in [5.41, 5.74) is 2.89. The second-order valence-corrected chi connectivity index (χ2v) is 7.02. The summed E-state index contributed by atoms with van der Waals surface area (Å²) in [7, 11) is 1.71. The number of benzene rings is 1. The fraction of sp³-hybridized carbons (Fsp3) is 0.450. The molecule has 1 aliphatic rings. The second kappa shape index (κ2) is 8.24. The van der Waals surface area contributed by atoms with E-state index in [9.17, 15) is 9.59 Å². The van der Waals surface area contributed by atoms with Crippen molar-refractivity contribution in [3.8, 4) is 0 Å². The topological polar surface area (TPSA) is 78.7 Å². The van der Waals surface area contributed by atoms with Gasteiger partial charge in [-0.3, -0.25) is 4.79 Å². The molecular weight excluding hydrogens is 344 g/mol. The maximum atomic E-state index is 12.6. The van der Waals surface area contributed by atoms with Crippen molar-refractivity contribution < 1.29 is 14.1 Å². The van der Waals surface area contributed by atoms with Gasteiger partial charge in [0.05, 0.1) is 12.2 Å². The van der Waals surface area contributed by atoms with Crippen LogP contribution in [0.1, 0.15) is 46.6 Å². The van der Waals surface area contributed by atoms with Crippen LogP contribution in [-0.2, 0) is 6.54 Å². The van der Waals surface area contributed by atoms with Crippen LogP contribution in [0.3, 0.4) is 0 Å². The van der Waals surface area contributed by atoms with E-state index in [0.29, 0.717) is 23.6 Å². The number of likely N-dealkylation sites (tertiary alicyclic amines) is 1. The summed E-state index contributed by atoms with van der Waals surface area (Å²) in [5.74, 6) is 0.733. The molecule has 1 N–H and O–H groups in total. The Balaban J connectivity index is 1.64. The lowest BCUT2D eigenvalue weighted by atomic mass is 10.1. The van der Waals surface area contributed by atoms with Crippen LogP contribution in [0.2, 0.25) is 0 Å². The van der Waals surface area contributed by atoms with Crippen LogP contribution < -0.4 is 5.32 Å². The molecule has 1 aliphatic heterocycles. The van der Waals surface area contributed by atoms with Gasteiger partial charge in [-0.1, -0.05) is 11.2 Å². The number of hydrogen-bond acceptors (Lipinski definition) is 4. The average molecular weight is 370 g/mol. The van der Waals surface area contributed by atoms with Gasteiger partial charge in [0.1, 0.15) is 5.76 Å². The van der Waals surface area contributed by atoms with E-state index in [0.717, 1.165) is 37.2 Å². The molecule has 2 heterocycles. The number of amides is 3. The Bertz CT molecular complexity index is 805. The molecule has 3 rings (SSSR count). The molecule has 0 bridgehead atoms. The molecule has 0 unspecified atom stereocenters. The van der Waals surface area contributed by atoms with Crippen molar-refractivity contribution in [3.05, 3.63) is 46.8 Å². The van der Waals surface area contributed by atoms with Gasteiger partial charge >= 0.3 is 6.03 Å². The summed E-state index contributed by atoms with van der Waals surface area (Å²) < 4.78 is 5.14. The molecule has 0 saturated carbocycles. The van der Waals surface area contributed by atoms with E-state index in [4.69, 9.17) is 4.52 Å². The first-order valence-corrected chi connectivity index (χ1v) is 9.29. The van der Waals surface area contributed by atoms with Crippen molar-refractivity contribution in [1.29, 1.82) is 0 Å². The third kappa shape index (κ3) is 4.48. The Morgan fingerprint density at radius 3 is 2.63 bits per heavy atom. The predicted molar refractivity (Wildman–Crippen MR) is 103 cm³/mol. The lowest BCUT2D eigenvalue weighted by Crippen LogP contribution is -2.35. The number of rotatable bonds is 4. The number of nitrogens with zero attached hydrogens (tertiary/aromatic N) is 3. The molecule has 0 radical (unpaired) electrons. The predicted octanol–water partition coefficient (Wildman–Crippen LogP) is 3.58. The largest absolute Gasteiger partial charge is 0.361 e. The molecular formula is C20H26N4O3. The number of nitrogens with one attached hydrogen (secondary N) is 1. The molecule has 1 fully saturated rings. The summed E-state index contributed by atoms with van der Waals surface area (Å²) in [6, 6.07) is 6.85. The minimum atomic E-state index is -0.252. The first kappa shape index (κ1) is 18.9. The van der Waals surface area contributed by atoms with Gasteiger partial charge in [-0.2, -0.15) is 0 Å². The van der Waals surface area contributed by atoms with Crippen molar-refractivity contribution in [2.45, 2.75) is 39.7 Å². The lowest BCUT2D eigenvalue weighted by molar-refractivity contribution is 0.0724. The number of urea groups is 1. The highest BCUT2D eigenvalue weighted by Gasteiger charge is 2.19. The second-order valence-electron chi connectivity index (χ2n) is 7.02. The smallest absolute Gasteiger partial charge is 0.321 e. The van der Waals surface area contributed by atoms with Crippen LogP contribution >= 0.6 is 0 Å². The van der Waals surface area contributed by atoms with E-state index in [2.05, 4.69) is 10.5 Å². The van der Waals surface area contributed by atoms with E-state index >= 15 is 0 Å². The number of hydrogen-bond donors (Lipinski definition) is 1. The van der Waals surface area contributed by atoms with E-state index in [-0.39, 0.29) is 11.9 Å². The number of anilines is 1. The first-order chi connectivity index (χ1) is 13.0. The van der Waals surface area contributed by atoms with Crippen molar-refractivity contribution in [1.82, 2.24) is 15.0 Å². The highest BCUT2D eigenvalue weighted by Crippen LogP contribution is 2.18. The summed E-state index contributed by atoms with van der Waals surface area (Å²) in [4.78, 5) is 28.6. The Morgan fingerprint density at radius 2 is 1.96 bits per heavy atom. The Kier molecular flexibility index (Phi) is 5.78. The summed E-state index contributed by atoms with van der Waals surface area (Å²) >= 11 is 0. The molecule has 3 amide bonds. The maximum absolute atomic E-state index is 12.6. The van der Waals surface area contributed by atoms with Gasteiger partial charge < -0.3 is 19.6 Å². The molecule has 1 aromatic carbocycles. The number of aryl methyl sites for hydroxylation is 2. The highest BCUT2D eigenvalue weighted by atomic mass is 16.5. The van der Waals surface area contributed by atoms with Gasteiger partial charge in [0.15, 0.2) is 0 Å². The van der Waals surface area contributed by atoms with Crippen molar-refractivity contribution in [2.24, 2.45) is 0 Å². The Labute approximate surface area is 159 Å². The zero-order valence-electron chi connectivity index (χ0n) is 16.1. The van der Waals surface area contributed by atoms with Gasteiger partial charge in [0, 0.05) is 37.0 Å². The van der Waals surface area contributed by atoms with Crippen molar-refractivity contribution in [2.75, 3.05) is 25.5 Å². The summed E-state index contributed by atoms with van der Waals surface area (Å²) in [6.45, 7) is 5.69. The number of carbonyl (C=O) groups is 2. The van der Waals surface area contributed by atoms with Gasteiger partial charge in [0.2, 0.25) is 0 Å². The van der Waals surface area contributed by atoms with Crippen molar-refractivity contribution >= 4 is 17.6 Å². The van der Waals surface area contributed by atoms with Crippen LogP contribution in [0.25, 0.3) is 0 Å². The molecule has 0 aliphatic carbocycles. The van der Waals surface area contributed by atoms with Gasteiger partial charge in [-0.05, 0) is 51.3 Å². The van der Waals surface area contributed by atoms with Gasteiger partial charge in [-0.25, -0.2) is 4.79 Å². The van der Waals surface area contributed by atoms with Gasteiger partial charge in [0.25, 0.3) is 5.91 Å². The van der Waals surface area contributed by atoms with E-state index in [1.54, 1.807) is 36.2 Å². The molecule has 7 heteroatoms. The average Bonchev–Trinajstić information content (AvgIpc) is 3.00. The molecule has 0 atom stereocenters. The normalized spacial score (nSPS) is 14.1. The molecule has 2 aromatic rings. The number of piperidine rings is 1. The first-order valence-electron chi connectivity index (χ1n) is 9.29. The summed E-state index contributed by atoms with van der Waals surface area (Å²) in [6.07, 6.45) is 3.28. The zero-order valence-corrected chi connectivity index (χ0v) is 16.1. The molecule has 1 saturated heterocycles. The maximum Gasteiger partial charge on any atom is 0.321 e. The lowest BCUT2D eigenvalue weighted by Gasteiger charge is -2.27. The molecule has 27 heavy (non-hydrogen) atoms. The third-order valence-corrected chi connectivity index (χ3v) is 4.93. The van der Waals surface area contributed by atoms with Crippen LogP contribution in [0.4, 0.5) is 10.5 Å². The van der Waals surface area contributed by atoms with Crippen LogP contribution in [0, 0.1) is 13.8 Å². The van der Waals surface area contributed by atoms with E-state index in [1.807, 2.05) is 18.7 Å². The van der Waals surface area contributed by atoms with Crippen LogP contribution in [0.15, 0.2) is 28.8 Å². The summed E-state index contributed by atoms with van der Waals surface area (Å²) in [5, 5.41) is 6.77. The van der Waals surface area contributed by atoms with Crippen LogP contribution in [0.5, 0.6) is 0 Å². The van der Waals surface area contributed by atoms with Crippen molar-refractivity contribution in [3.63, 3.8) is 0 Å².